The third kappa shape index (κ3) is 4.38. The first kappa shape index (κ1) is 17.3. The van der Waals surface area contributed by atoms with E-state index in [0.717, 1.165) is 31.5 Å². The Morgan fingerprint density at radius 3 is 2.62 bits per heavy atom. The Labute approximate surface area is 128 Å². The predicted molar refractivity (Wildman–Crippen MR) is 88.8 cm³/mol. The summed E-state index contributed by atoms with van der Waals surface area (Å²) in [7, 11) is 0. The molecule has 0 fully saturated rings. The maximum atomic E-state index is 12.0. The zero-order chi connectivity index (χ0) is 15.8. The predicted octanol–water partition coefficient (Wildman–Crippen LogP) is 3.85. The van der Waals surface area contributed by atoms with Crippen molar-refractivity contribution in [1.29, 1.82) is 0 Å². The van der Waals surface area contributed by atoms with E-state index in [1.165, 1.54) is 0 Å². The maximum Gasteiger partial charge on any atom is 0.340 e. The summed E-state index contributed by atoms with van der Waals surface area (Å²) in [6.45, 7) is 9.62. The molecule has 0 heterocycles. The molecular formula is C17H28N2O2. The van der Waals surface area contributed by atoms with Crippen LogP contribution in [0.2, 0.25) is 0 Å². The topological polar surface area (TPSA) is 55.6 Å². The molecule has 118 valence electrons. The molecule has 1 aromatic carbocycles. The first-order chi connectivity index (χ1) is 10.1. The molecule has 0 aromatic heterocycles. The lowest BCUT2D eigenvalue weighted by Crippen LogP contribution is -2.34. The summed E-state index contributed by atoms with van der Waals surface area (Å²) < 4.78 is 5.07. The second kappa shape index (κ2) is 8.55. The lowest BCUT2D eigenvalue weighted by molar-refractivity contribution is 0.0527. The number of nitrogens with two attached hydrogens (primary N) is 1. The zero-order valence-electron chi connectivity index (χ0n) is 13.7. The van der Waals surface area contributed by atoms with Gasteiger partial charge in [0.1, 0.15) is 0 Å². The fourth-order valence-electron chi connectivity index (χ4n) is 2.32. The third-order valence-electron chi connectivity index (χ3n) is 3.76. The lowest BCUT2D eigenvalue weighted by Gasteiger charge is -2.32. The number of anilines is 2. The number of carbonyl (C=O) groups excluding carboxylic acids is 1. The summed E-state index contributed by atoms with van der Waals surface area (Å²) in [4.78, 5) is 14.3. The van der Waals surface area contributed by atoms with Crippen LogP contribution in [0.25, 0.3) is 0 Å². The summed E-state index contributed by atoms with van der Waals surface area (Å²) in [5, 5.41) is 0. The Hall–Kier alpha value is -1.71. The highest BCUT2D eigenvalue weighted by molar-refractivity contribution is 5.98. The van der Waals surface area contributed by atoms with Crippen molar-refractivity contribution in [1.82, 2.24) is 0 Å². The molecule has 0 radical (unpaired) electrons. The van der Waals surface area contributed by atoms with Crippen LogP contribution >= 0.6 is 0 Å². The number of carbonyl (C=O) groups is 1. The first-order valence-corrected chi connectivity index (χ1v) is 7.88. The largest absolute Gasteiger partial charge is 0.462 e. The van der Waals surface area contributed by atoms with Crippen molar-refractivity contribution in [2.45, 2.75) is 53.0 Å². The Morgan fingerprint density at radius 2 is 2.05 bits per heavy atom. The van der Waals surface area contributed by atoms with Gasteiger partial charge in [0.2, 0.25) is 0 Å². The Balaban J connectivity index is 3.13. The highest BCUT2D eigenvalue weighted by atomic mass is 16.5. The molecule has 0 amide bonds. The summed E-state index contributed by atoms with van der Waals surface area (Å²) in [6.07, 6.45) is 3.27. The highest BCUT2D eigenvalue weighted by Crippen LogP contribution is 2.29. The van der Waals surface area contributed by atoms with Crippen LogP contribution < -0.4 is 10.6 Å². The van der Waals surface area contributed by atoms with E-state index in [2.05, 4.69) is 25.7 Å². The van der Waals surface area contributed by atoms with E-state index in [4.69, 9.17) is 10.5 Å². The highest BCUT2D eigenvalue weighted by Gasteiger charge is 2.19. The van der Waals surface area contributed by atoms with Crippen LogP contribution in [0.5, 0.6) is 0 Å². The first-order valence-electron chi connectivity index (χ1n) is 7.88. The molecule has 21 heavy (non-hydrogen) atoms. The van der Waals surface area contributed by atoms with E-state index in [1.54, 1.807) is 13.0 Å². The van der Waals surface area contributed by atoms with Crippen molar-refractivity contribution < 1.29 is 9.53 Å². The van der Waals surface area contributed by atoms with E-state index in [9.17, 15) is 4.79 Å². The molecule has 0 aliphatic heterocycles. The molecule has 1 unspecified atom stereocenters. The van der Waals surface area contributed by atoms with Crippen molar-refractivity contribution in [3.63, 3.8) is 0 Å². The van der Waals surface area contributed by atoms with E-state index >= 15 is 0 Å². The second-order valence-electron chi connectivity index (χ2n) is 5.26. The van der Waals surface area contributed by atoms with Gasteiger partial charge in [0, 0.05) is 12.6 Å². The van der Waals surface area contributed by atoms with E-state index in [1.807, 2.05) is 12.1 Å². The zero-order valence-corrected chi connectivity index (χ0v) is 13.7. The van der Waals surface area contributed by atoms with Gasteiger partial charge in [-0.15, -0.1) is 0 Å². The van der Waals surface area contributed by atoms with Gasteiger partial charge in [-0.3, -0.25) is 0 Å². The SMILES string of the molecule is CCCCN(c1cccc(C(=O)OCC)c1N)C(C)CC. The Kier molecular flexibility index (Phi) is 7.06. The monoisotopic (exact) mass is 292 g/mol. The minimum atomic E-state index is -0.351. The number of benzene rings is 1. The van der Waals surface area contributed by atoms with Crippen LogP contribution in [0.4, 0.5) is 11.4 Å². The minimum Gasteiger partial charge on any atom is -0.462 e. The summed E-state index contributed by atoms with van der Waals surface area (Å²) >= 11 is 0. The van der Waals surface area contributed by atoms with Gasteiger partial charge in [-0.1, -0.05) is 26.3 Å². The van der Waals surface area contributed by atoms with E-state index in [-0.39, 0.29) is 5.97 Å². The fourth-order valence-corrected chi connectivity index (χ4v) is 2.32. The van der Waals surface area contributed by atoms with Gasteiger partial charge in [-0.05, 0) is 38.8 Å². The van der Waals surface area contributed by atoms with Gasteiger partial charge in [-0.25, -0.2) is 4.79 Å². The average Bonchev–Trinajstić information content (AvgIpc) is 2.48. The number of esters is 1. The molecule has 1 atom stereocenters. The summed E-state index contributed by atoms with van der Waals surface area (Å²) in [5.74, 6) is -0.351. The smallest absolute Gasteiger partial charge is 0.340 e. The van der Waals surface area contributed by atoms with Crippen molar-refractivity contribution in [2.75, 3.05) is 23.8 Å². The second-order valence-corrected chi connectivity index (χ2v) is 5.26. The summed E-state index contributed by atoms with van der Waals surface area (Å²) in [6, 6.07) is 5.97. The van der Waals surface area contributed by atoms with Crippen molar-refractivity contribution in [3.8, 4) is 0 Å². The number of ether oxygens (including phenoxy) is 1. The van der Waals surface area contributed by atoms with Crippen LogP contribution in [0.15, 0.2) is 18.2 Å². The Morgan fingerprint density at radius 1 is 1.33 bits per heavy atom. The lowest BCUT2D eigenvalue weighted by atomic mass is 10.1. The van der Waals surface area contributed by atoms with Gasteiger partial charge in [0.25, 0.3) is 0 Å². The number of hydrogen-bond donors (Lipinski definition) is 1. The third-order valence-corrected chi connectivity index (χ3v) is 3.76. The Bertz CT molecular complexity index is 460. The van der Waals surface area contributed by atoms with E-state index < -0.39 is 0 Å². The molecule has 1 aromatic rings. The van der Waals surface area contributed by atoms with Crippen LogP contribution in [-0.2, 0) is 4.74 Å². The van der Waals surface area contributed by atoms with Crippen LogP contribution in [0.3, 0.4) is 0 Å². The number of nitrogen functional groups attached to an aromatic ring is 1. The standard InChI is InChI=1S/C17H28N2O2/c1-5-8-12-19(13(4)6-2)15-11-9-10-14(16(15)18)17(20)21-7-3/h9-11,13H,5-8,12,18H2,1-4H3. The molecule has 0 spiro atoms. The normalized spacial score (nSPS) is 12.0. The molecule has 4 nitrogen and oxygen atoms in total. The molecule has 4 heteroatoms. The molecule has 0 bridgehead atoms. The molecule has 0 saturated heterocycles. The molecule has 1 rings (SSSR count). The molecule has 2 N–H and O–H groups in total. The average molecular weight is 292 g/mol. The van der Waals surface area contributed by atoms with Gasteiger partial charge < -0.3 is 15.4 Å². The molecule has 0 aliphatic carbocycles. The molecule has 0 saturated carbocycles. The van der Waals surface area contributed by atoms with Gasteiger partial charge in [-0.2, -0.15) is 0 Å². The number of hydrogen-bond acceptors (Lipinski definition) is 4. The number of rotatable bonds is 8. The maximum absolute atomic E-state index is 12.0. The van der Waals surface area contributed by atoms with Gasteiger partial charge >= 0.3 is 5.97 Å². The van der Waals surface area contributed by atoms with Crippen LogP contribution in [0, 0.1) is 0 Å². The number of unbranched alkanes of at least 4 members (excludes halogenated alkanes) is 1. The quantitative estimate of drug-likeness (QED) is 0.584. The molecule has 0 aliphatic rings. The van der Waals surface area contributed by atoms with Gasteiger partial charge in [0.05, 0.1) is 23.5 Å². The van der Waals surface area contributed by atoms with Crippen LogP contribution in [-0.4, -0.2) is 25.2 Å². The molecular weight excluding hydrogens is 264 g/mol. The fraction of sp³-hybridized carbons (Fsp3) is 0.588. The van der Waals surface area contributed by atoms with Crippen molar-refractivity contribution >= 4 is 17.3 Å². The summed E-state index contributed by atoms with van der Waals surface area (Å²) in [5.41, 5.74) is 8.15. The minimum absolute atomic E-state index is 0.351. The van der Waals surface area contributed by atoms with Crippen molar-refractivity contribution in [3.05, 3.63) is 23.8 Å². The van der Waals surface area contributed by atoms with Crippen molar-refractivity contribution in [2.24, 2.45) is 0 Å². The number of para-hydroxylation sites is 1. The van der Waals surface area contributed by atoms with Crippen LogP contribution in [0.1, 0.15) is 57.3 Å². The van der Waals surface area contributed by atoms with E-state index in [0.29, 0.717) is 23.9 Å². The van der Waals surface area contributed by atoms with Gasteiger partial charge in [0.15, 0.2) is 0 Å². The number of nitrogens with zero attached hydrogens (tertiary/aromatic N) is 1.